The van der Waals surface area contributed by atoms with E-state index in [1.807, 2.05) is 22.7 Å². The minimum Gasteiger partial charge on any atom is -0.456 e. The van der Waals surface area contributed by atoms with Crippen LogP contribution in [0.15, 0.2) is 581 Å². The van der Waals surface area contributed by atoms with Crippen LogP contribution >= 0.6 is 22.7 Å². The lowest BCUT2D eigenvalue weighted by Gasteiger charge is -2.34. The van der Waals surface area contributed by atoms with Crippen molar-refractivity contribution >= 4 is 136 Å². The maximum Gasteiger partial charge on any atom is 0.137 e. The van der Waals surface area contributed by atoms with Crippen LogP contribution in [0.1, 0.15) is 66.8 Å². The summed E-state index contributed by atoms with van der Waals surface area (Å²) in [7, 11) is 0. The van der Waals surface area contributed by atoms with E-state index in [9.17, 15) is 0 Å². The van der Waals surface area contributed by atoms with Gasteiger partial charge < -0.3 is 19.1 Å². The van der Waals surface area contributed by atoms with E-state index in [1.54, 1.807) is 0 Å². The second kappa shape index (κ2) is 36.9. The van der Waals surface area contributed by atoms with Gasteiger partial charge >= 0.3 is 0 Å². The second-order valence-corrected chi connectivity index (χ2v) is 40.4. The molecule has 692 valence electrons. The van der Waals surface area contributed by atoms with E-state index in [1.165, 1.54) is 174 Å². The Morgan fingerprint density at radius 1 is 0.156 bits per heavy atom. The van der Waals surface area contributed by atoms with Crippen molar-refractivity contribution in [2.24, 2.45) is 0 Å². The molecule has 3 heterocycles. The molecule has 29 rings (SSSR count). The Balaban J connectivity index is 0.000000109. The number of thiophene rings is 2. The van der Waals surface area contributed by atoms with Crippen molar-refractivity contribution in [3.8, 4) is 55.6 Å². The summed E-state index contributed by atoms with van der Waals surface area (Å²) in [4.78, 5) is 7.16. The largest absolute Gasteiger partial charge is 0.456 e. The minimum absolute atomic E-state index is 0.401. The standard InChI is InChI=1S/C49H33NO.C49H33NS.C43H29NS/c2*1-4-16-34(17-5-1)35-18-14-23-39(32-35)50(38-21-8-3-9-22-38)45-28-15-29-46-48(45)42-31-30-37(33-47(42)51-46)49(36-19-6-2-7-20-36)43-26-12-10-24-40(43)41-25-11-13-27-44(41)49;1-4-15-30(16-5-1)43(37-23-12-10-21-34(37)35-22-11-13-24-38(35)43)31-27-28-36-41(29-31)45-40-26-14-25-39(42(36)40)44(32-17-6-2-7-18-32)33-19-8-3-9-20-33/h2*1-33H;1-29H. The van der Waals surface area contributed by atoms with Crippen LogP contribution in [0.25, 0.3) is 118 Å². The van der Waals surface area contributed by atoms with E-state index >= 15 is 0 Å². The summed E-state index contributed by atoms with van der Waals surface area (Å²) in [5, 5.41) is 7.31. The first-order valence-electron chi connectivity index (χ1n) is 50.5. The number of hydrogen-bond acceptors (Lipinski definition) is 6. The molecular weight excluding hydrogens is 1820 g/mol. The highest BCUT2D eigenvalue weighted by Crippen LogP contribution is 2.62. The average Bonchev–Trinajstić information content (AvgIpc) is 1.54. The molecule has 0 saturated heterocycles. The first-order chi connectivity index (χ1) is 72.9. The van der Waals surface area contributed by atoms with Gasteiger partial charge in [-0.2, -0.15) is 0 Å². The molecule has 0 unspecified atom stereocenters. The molecule has 6 heteroatoms. The van der Waals surface area contributed by atoms with Crippen LogP contribution in [0.4, 0.5) is 51.2 Å². The van der Waals surface area contributed by atoms with Gasteiger partial charge in [0.2, 0.25) is 0 Å². The Morgan fingerprint density at radius 2 is 0.408 bits per heavy atom. The Kier molecular flexibility index (Phi) is 22.0. The maximum absolute atomic E-state index is 6.84. The van der Waals surface area contributed by atoms with E-state index in [-0.39, 0.29) is 0 Å². The molecule has 3 aliphatic rings. The molecule has 0 fully saturated rings. The van der Waals surface area contributed by atoms with E-state index in [4.69, 9.17) is 4.42 Å². The van der Waals surface area contributed by atoms with Crippen LogP contribution in [0.5, 0.6) is 0 Å². The highest BCUT2D eigenvalue weighted by molar-refractivity contribution is 7.26. The fourth-order valence-electron chi connectivity index (χ4n) is 24.3. The molecule has 3 aromatic heterocycles. The third kappa shape index (κ3) is 14.5. The molecule has 4 nitrogen and oxygen atoms in total. The zero-order chi connectivity index (χ0) is 97.4. The molecule has 0 atom stereocenters. The van der Waals surface area contributed by atoms with Crippen molar-refractivity contribution in [3.05, 3.63) is 643 Å². The molecule has 0 spiro atoms. The van der Waals surface area contributed by atoms with Crippen LogP contribution in [-0.2, 0) is 16.2 Å². The summed E-state index contributed by atoms with van der Waals surface area (Å²) in [6.07, 6.45) is 0. The molecule has 0 radical (unpaired) electrons. The van der Waals surface area contributed by atoms with Gasteiger partial charge in [-0.15, -0.1) is 22.7 Å². The number of benzene rings is 23. The van der Waals surface area contributed by atoms with Crippen molar-refractivity contribution in [3.63, 3.8) is 0 Å². The SMILES string of the molecule is c1ccc(-c2cccc(N(c3ccccc3)c3cccc4oc5cc(C6(c7ccccc7)c7ccccc7-c7ccccc76)ccc5c34)c2)cc1.c1ccc(-c2cccc(N(c3ccccc3)c3cccc4sc5cc(C6(c7ccccc7)c7ccccc7-c7ccccc76)ccc5c34)c2)cc1.c1ccc(N(c2ccccc2)c2cccc3sc4cc(C5(c6ccccc6)c6ccccc6-c6ccccc65)ccc4c23)cc1. The summed E-state index contributed by atoms with van der Waals surface area (Å²) in [5.41, 5.74) is 38.8. The monoisotopic (exact) mass is 1910 g/mol. The molecule has 26 aromatic rings. The smallest absolute Gasteiger partial charge is 0.137 e. The minimum atomic E-state index is -0.488. The lowest BCUT2D eigenvalue weighted by molar-refractivity contribution is 0.665. The second-order valence-electron chi connectivity index (χ2n) is 38.2. The lowest BCUT2D eigenvalue weighted by atomic mass is 9.67. The highest BCUT2D eigenvalue weighted by atomic mass is 32.1. The molecule has 3 aliphatic carbocycles. The normalized spacial score (nSPS) is 12.9. The third-order valence-electron chi connectivity index (χ3n) is 30.4. The van der Waals surface area contributed by atoms with Crippen LogP contribution in [0, 0.1) is 0 Å². The van der Waals surface area contributed by atoms with Gasteiger partial charge in [-0.3, -0.25) is 0 Å². The molecule has 0 amide bonds. The Labute approximate surface area is 863 Å². The van der Waals surface area contributed by atoms with Crippen molar-refractivity contribution < 1.29 is 4.42 Å². The number of rotatable bonds is 17. The van der Waals surface area contributed by atoms with Gasteiger partial charge in [0.1, 0.15) is 11.2 Å². The number of anilines is 9. The molecular formula is C141H95N3OS2. The number of furan rings is 1. The van der Waals surface area contributed by atoms with Gasteiger partial charge in [-0.05, 0) is 250 Å². The quantitative estimate of drug-likeness (QED) is 0.0906. The van der Waals surface area contributed by atoms with Crippen molar-refractivity contribution in [2.75, 3.05) is 14.7 Å². The highest BCUT2D eigenvalue weighted by Gasteiger charge is 2.50. The first kappa shape index (κ1) is 87.7. The van der Waals surface area contributed by atoms with E-state index in [0.717, 1.165) is 61.8 Å². The van der Waals surface area contributed by atoms with Crippen molar-refractivity contribution in [2.45, 2.75) is 16.2 Å². The van der Waals surface area contributed by atoms with Gasteiger partial charge in [-0.1, -0.05) is 449 Å². The summed E-state index contributed by atoms with van der Waals surface area (Å²) in [6, 6.07) is 210. The van der Waals surface area contributed by atoms with Crippen LogP contribution < -0.4 is 14.7 Å². The molecule has 0 saturated carbocycles. The van der Waals surface area contributed by atoms with Gasteiger partial charge in [0.05, 0.1) is 38.7 Å². The molecule has 0 aliphatic heterocycles. The number of fused-ring (bicyclic) bond motifs is 18. The summed E-state index contributed by atoms with van der Waals surface area (Å²) in [6.45, 7) is 0. The van der Waals surface area contributed by atoms with E-state index < -0.39 is 16.2 Å². The third-order valence-corrected chi connectivity index (χ3v) is 32.6. The predicted molar refractivity (Wildman–Crippen MR) is 619 cm³/mol. The summed E-state index contributed by atoms with van der Waals surface area (Å²) < 4.78 is 12.0. The van der Waals surface area contributed by atoms with E-state index in [0.29, 0.717) is 0 Å². The van der Waals surface area contributed by atoms with Gasteiger partial charge in [-0.25, -0.2) is 0 Å². The molecule has 147 heavy (non-hydrogen) atoms. The average molecular weight is 1910 g/mol. The fourth-order valence-corrected chi connectivity index (χ4v) is 26.6. The Morgan fingerprint density at radius 3 is 0.741 bits per heavy atom. The summed E-state index contributed by atoms with van der Waals surface area (Å²) >= 11 is 3.77. The van der Waals surface area contributed by atoms with Gasteiger partial charge in [0.15, 0.2) is 0 Å². The van der Waals surface area contributed by atoms with Crippen molar-refractivity contribution in [1.29, 1.82) is 0 Å². The lowest BCUT2D eigenvalue weighted by Crippen LogP contribution is -2.28. The predicted octanol–water partition coefficient (Wildman–Crippen LogP) is 38.5. The number of nitrogens with zero attached hydrogens (tertiary/aromatic N) is 3. The zero-order valence-corrected chi connectivity index (χ0v) is 82.0. The summed E-state index contributed by atoms with van der Waals surface area (Å²) in [5.74, 6) is 0. The molecule has 23 aromatic carbocycles. The van der Waals surface area contributed by atoms with E-state index in [2.05, 4.69) is 591 Å². The zero-order valence-electron chi connectivity index (χ0n) is 80.4. The van der Waals surface area contributed by atoms with Crippen LogP contribution in [0.3, 0.4) is 0 Å². The number of hydrogen-bond donors (Lipinski definition) is 0. The van der Waals surface area contributed by atoms with Crippen LogP contribution in [-0.4, -0.2) is 0 Å². The van der Waals surface area contributed by atoms with Crippen LogP contribution in [0.2, 0.25) is 0 Å². The van der Waals surface area contributed by atoms with Gasteiger partial charge in [0, 0.05) is 79.9 Å². The Bertz CT molecular complexity index is 8880. The fraction of sp³-hybridized carbons (Fsp3) is 0.0213. The molecule has 0 N–H and O–H groups in total. The first-order valence-corrected chi connectivity index (χ1v) is 52.1. The Hall–Kier alpha value is -18.3. The molecule has 0 bridgehead atoms. The van der Waals surface area contributed by atoms with Gasteiger partial charge in [0.25, 0.3) is 0 Å². The maximum atomic E-state index is 6.84. The topological polar surface area (TPSA) is 22.9 Å². The number of para-hydroxylation sites is 4. The van der Waals surface area contributed by atoms with Crippen molar-refractivity contribution in [1.82, 2.24) is 0 Å².